The van der Waals surface area contributed by atoms with Crippen LogP contribution in [0.2, 0.25) is 0 Å². The van der Waals surface area contributed by atoms with Crippen LogP contribution in [0.15, 0.2) is 0 Å². The van der Waals surface area contributed by atoms with E-state index in [1.165, 1.54) is 12.8 Å². The Kier molecular flexibility index (Phi) is 2.66. The Morgan fingerprint density at radius 2 is 2.36 bits per heavy atom. The van der Waals surface area contributed by atoms with Crippen molar-refractivity contribution in [2.24, 2.45) is 5.41 Å². The molecule has 1 aliphatic heterocycles. The van der Waals surface area contributed by atoms with Gasteiger partial charge in [-0.05, 0) is 24.8 Å². The van der Waals surface area contributed by atoms with E-state index in [0.29, 0.717) is 12.5 Å². The van der Waals surface area contributed by atoms with E-state index >= 15 is 0 Å². The van der Waals surface area contributed by atoms with E-state index in [1.54, 1.807) is 0 Å². The first-order valence-corrected chi connectivity index (χ1v) is 4.34. The van der Waals surface area contributed by atoms with Crippen LogP contribution in [0.4, 0.5) is 0 Å². The van der Waals surface area contributed by atoms with E-state index in [0.717, 1.165) is 12.8 Å². The molecule has 0 amide bonds. The summed E-state index contributed by atoms with van der Waals surface area (Å²) in [5.74, 6) is 0. The topological polar surface area (TPSA) is 29.1 Å². The molecule has 0 aromatic heterocycles. The molecule has 1 rings (SSSR count). The summed E-state index contributed by atoms with van der Waals surface area (Å²) in [5.41, 5.74) is 0.151. The number of carbonyl (C=O) groups excluding carboxylic acids is 1. The van der Waals surface area contributed by atoms with Gasteiger partial charge in [0.2, 0.25) is 0 Å². The average molecular weight is 155 g/mol. The van der Waals surface area contributed by atoms with Crippen LogP contribution in [-0.2, 0) is 4.79 Å². The summed E-state index contributed by atoms with van der Waals surface area (Å²) < 4.78 is 0. The van der Waals surface area contributed by atoms with Gasteiger partial charge in [0.1, 0.15) is 6.29 Å². The highest BCUT2D eigenvalue weighted by molar-refractivity contribution is 5.50. The van der Waals surface area contributed by atoms with Crippen LogP contribution in [0.3, 0.4) is 0 Å². The fraction of sp³-hybridized carbons (Fsp3) is 0.889. The maximum atomic E-state index is 10.3. The van der Waals surface area contributed by atoms with Crippen LogP contribution < -0.4 is 5.32 Å². The normalized spacial score (nSPS) is 25.5. The summed E-state index contributed by atoms with van der Waals surface area (Å²) in [7, 11) is 0. The van der Waals surface area contributed by atoms with Crippen LogP contribution in [0.25, 0.3) is 0 Å². The molecule has 1 unspecified atom stereocenters. The molecule has 0 bridgehead atoms. The zero-order valence-corrected chi connectivity index (χ0v) is 7.39. The van der Waals surface area contributed by atoms with Gasteiger partial charge in [0.25, 0.3) is 0 Å². The Morgan fingerprint density at radius 3 is 2.82 bits per heavy atom. The Labute approximate surface area is 68.4 Å². The van der Waals surface area contributed by atoms with Crippen molar-refractivity contribution in [3.05, 3.63) is 0 Å². The van der Waals surface area contributed by atoms with E-state index in [9.17, 15) is 4.79 Å². The zero-order valence-electron chi connectivity index (χ0n) is 7.39. The Morgan fingerprint density at radius 1 is 1.64 bits per heavy atom. The minimum absolute atomic E-state index is 0.151. The highest BCUT2D eigenvalue weighted by Crippen LogP contribution is 2.29. The number of nitrogens with one attached hydrogen (secondary N) is 1. The maximum absolute atomic E-state index is 10.3. The van der Waals surface area contributed by atoms with Gasteiger partial charge < -0.3 is 10.1 Å². The van der Waals surface area contributed by atoms with E-state index < -0.39 is 0 Å². The Bertz CT molecular complexity index is 136. The van der Waals surface area contributed by atoms with Crippen LogP contribution in [0, 0.1) is 5.41 Å². The lowest BCUT2D eigenvalue weighted by molar-refractivity contribution is -0.109. The van der Waals surface area contributed by atoms with Crippen molar-refractivity contribution in [1.29, 1.82) is 0 Å². The molecule has 0 aromatic carbocycles. The number of hydrogen-bond acceptors (Lipinski definition) is 2. The van der Waals surface area contributed by atoms with Crippen molar-refractivity contribution in [3.63, 3.8) is 0 Å². The fourth-order valence-corrected chi connectivity index (χ4v) is 1.71. The van der Waals surface area contributed by atoms with E-state index in [4.69, 9.17) is 0 Å². The SMILES string of the molecule is CC(C)(CC=O)C1CCCN1. The highest BCUT2D eigenvalue weighted by atomic mass is 16.1. The molecule has 0 spiro atoms. The number of carbonyl (C=O) groups is 1. The van der Waals surface area contributed by atoms with Crippen LogP contribution in [0.5, 0.6) is 0 Å². The minimum atomic E-state index is 0.151. The molecule has 1 aliphatic rings. The van der Waals surface area contributed by atoms with Gasteiger partial charge in [0.15, 0.2) is 0 Å². The molecule has 0 radical (unpaired) electrons. The third kappa shape index (κ3) is 2.03. The molecule has 11 heavy (non-hydrogen) atoms. The predicted molar refractivity (Wildman–Crippen MR) is 45.5 cm³/mol. The number of aldehydes is 1. The minimum Gasteiger partial charge on any atom is -0.313 e. The van der Waals surface area contributed by atoms with Gasteiger partial charge in [-0.15, -0.1) is 0 Å². The summed E-state index contributed by atoms with van der Waals surface area (Å²) in [4.78, 5) is 10.3. The number of rotatable bonds is 3. The third-order valence-electron chi connectivity index (χ3n) is 2.61. The molecule has 2 nitrogen and oxygen atoms in total. The number of hydrogen-bond donors (Lipinski definition) is 1. The molecule has 2 heteroatoms. The molecule has 0 aromatic rings. The Balaban J connectivity index is 2.47. The van der Waals surface area contributed by atoms with Crippen molar-refractivity contribution in [2.75, 3.05) is 6.54 Å². The molecule has 1 saturated heterocycles. The molecule has 64 valence electrons. The second-order valence-corrected chi connectivity index (χ2v) is 4.01. The monoisotopic (exact) mass is 155 g/mol. The third-order valence-corrected chi connectivity index (χ3v) is 2.61. The molecule has 1 atom stereocenters. The summed E-state index contributed by atoms with van der Waals surface area (Å²) in [5, 5.41) is 3.42. The molecular weight excluding hydrogens is 138 g/mol. The quantitative estimate of drug-likeness (QED) is 0.623. The van der Waals surface area contributed by atoms with Crippen molar-refractivity contribution >= 4 is 6.29 Å². The van der Waals surface area contributed by atoms with E-state index in [2.05, 4.69) is 19.2 Å². The first-order chi connectivity index (χ1) is 5.17. The van der Waals surface area contributed by atoms with Gasteiger partial charge in [0.05, 0.1) is 0 Å². The Hall–Kier alpha value is -0.370. The highest BCUT2D eigenvalue weighted by Gasteiger charge is 2.30. The molecule has 0 saturated carbocycles. The van der Waals surface area contributed by atoms with Gasteiger partial charge in [-0.2, -0.15) is 0 Å². The standard InChI is InChI=1S/C9H17NO/c1-9(2,5-7-11)8-4-3-6-10-8/h7-8,10H,3-6H2,1-2H3. The van der Waals surface area contributed by atoms with Crippen LogP contribution in [0.1, 0.15) is 33.1 Å². The fourth-order valence-electron chi connectivity index (χ4n) is 1.71. The van der Waals surface area contributed by atoms with Gasteiger partial charge in [-0.3, -0.25) is 0 Å². The first-order valence-electron chi connectivity index (χ1n) is 4.34. The van der Waals surface area contributed by atoms with Gasteiger partial charge >= 0.3 is 0 Å². The lowest BCUT2D eigenvalue weighted by Crippen LogP contribution is -2.37. The molecular formula is C9H17NO. The van der Waals surface area contributed by atoms with Crippen LogP contribution in [-0.4, -0.2) is 18.9 Å². The average Bonchev–Trinajstić information content (AvgIpc) is 2.37. The van der Waals surface area contributed by atoms with Crippen LogP contribution >= 0.6 is 0 Å². The second kappa shape index (κ2) is 3.35. The van der Waals surface area contributed by atoms with E-state index in [1.807, 2.05) is 0 Å². The zero-order chi connectivity index (χ0) is 8.32. The molecule has 1 N–H and O–H groups in total. The summed E-state index contributed by atoms with van der Waals surface area (Å²) in [6.45, 7) is 5.43. The predicted octanol–water partition coefficient (Wildman–Crippen LogP) is 1.35. The van der Waals surface area contributed by atoms with Crippen molar-refractivity contribution in [1.82, 2.24) is 5.32 Å². The largest absolute Gasteiger partial charge is 0.313 e. The van der Waals surface area contributed by atoms with Crippen molar-refractivity contribution < 1.29 is 4.79 Å². The van der Waals surface area contributed by atoms with E-state index in [-0.39, 0.29) is 5.41 Å². The summed E-state index contributed by atoms with van der Waals surface area (Å²) >= 11 is 0. The van der Waals surface area contributed by atoms with Crippen molar-refractivity contribution in [2.45, 2.75) is 39.2 Å². The second-order valence-electron chi connectivity index (χ2n) is 4.01. The molecule has 1 fully saturated rings. The smallest absolute Gasteiger partial charge is 0.120 e. The molecule has 0 aliphatic carbocycles. The summed E-state index contributed by atoms with van der Waals surface area (Å²) in [6, 6.07) is 0.549. The maximum Gasteiger partial charge on any atom is 0.120 e. The lowest BCUT2D eigenvalue weighted by atomic mass is 9.81. The molecule has 1 heterocycles. The van der Waals surface area contributed by atoms with Crippen molar-refractivity contribution in [3.8, 4) is 0 Å². The lowest BCUT2D eigenvalue weighted by Gasteiger charge is -2.29. The van der Waals surface area contributed by atoms with Gasteiger partial charge in [-0.25, -0.2) is 0 Å². The van der Waals surface area contributed by atoms with Gasteiger partial charge in [0, 0.05) is 12.5 Å². The summed E-state index contributed by atoms with van der Waals surface area (Å²) in [6.07, 6.45) is 4.18. The first kappa shape index (κ1) is 8.72. The van der Waals surface area contributed by atoms with Gasteiger partial charge in [-0.1, -0.05) is 13.8 Å².